The normalized spacial score (nSPS) is 35.6. The van der Waals surface area contributed by atoms with E-state index in [1.54, 1.807) is 0 Å². The highest BCUT2D eigenvalue weighted by Crippen LogP contribution is 2.34. The molecule has 16 heavy (non-hydrogen) atoms. The van der Waals surface area contributed by atoms with Gasteiger partial charge in [0.05, 0.1) is 0 Å². The molecule has 2 fully saturated rings. The third-order valence-electron chi connectivity index (χ3n) is 4.73. The van der Waals surface area contributed by atoms with Gasteiger partial charge in [-0.1, -0.05) is 13.3 Å². The second-order valence-electron chi connectivity index (χ2n) is 5.91. The third kappa shape index (κ3) is 2.98. The molecule has 0 radical (unpaired) electrons. The predicted octanol–water partition coefficient (Wildman–Crippen LogP) is 2.49. The van der Waals surface area contributed by atoms with Crippen molar-refractivity contribution in [3.8, 4) is 0 Å². The Morgan fingerprint density at radius 3 is 2.50 bits per heavy atom. The van der Waals surface area contributed by atoms with E-state index in [9.17, 15) is 0 Å². The van der Waals surface area contributed by atoms with E-state index in [0.717, 1.165) is 23.9 Å². The largest absolute Gasteiger partial charge is 0.317 e. The fourth-order valence-corrected chi connectivity index (χ4v) is 3.35. The van der Waals surface area contributed by atoms with Crippen LogP contribution in [0.5, 0.6) is 0 Å². The van der Waals surface area contributed by atoms with Crippen molar-refractivity contribution in [1.29, 1.82) is 0 Å². The lowest BCUT2D eigenvalue weighted by Gasteiger charge is -2.38. The summed E-state index contributed by atoms with van der Waals surface area (Å²) in [5.74, 6) is 1.87. The highest BCUT2D eigenvalue weighted by atomic mass is 15.2. The van der Waals surface area contributed by atoms with Gasteiger partial charge in [0.1, 0.15) is 0 Å². The molecule has 2 nitrogen and oxygen atoms in total. The van der Waals surface area contributed by atoms with Crippen LogP contribution in [0, 0.1) is 11.8 Å². The summed E-state index contributed by atoms with van der Waals surface area (Å²) in [5.41, 5.74) is 0. The number of hydrogen-bond acceptors (Lipinski definition) is 2. The molecule has 0 aliphatic heterocycles. The second-order valence-corrected chi connectivity index (χ2v) is 5.91. The minimum Gasteiger partial charge on any atom is -0.317 e. The lowest BCUT2D eigenvalue weighted by Crippen LogP contribution is -2.44. The fraction of sp³-hybridized carbons (Fsp3) is 1.00. The molecule has 2 saturated carbocycles. The Labute approximate surface area is 101 Å². The molecule has 3 unspecified atom stereocenters. The zero-order valence-corrected chi connectivity index (χ0v) is 11.2. The van der Waals surface area contributed by atoms with Gasteiger partial charge < -0.3 is 10.2 Å². The Hall–Kier alpha value is -0.0800. The molecule has 2 rings (SSSR count). The van der Waals surface area contributed by atoms with Crippen molar-refractivity contribution < 1.29 is 0 Å². The molecule has 1 N–H and O–H groups in total. The van der Waals surface area contributed by atoms with Gasteiger partial charge >= 0.3 is 0 Å². The van der Waals surface area contributed by atoms with E-state index in [1.807, 2.05) is 0 Å². The van der Waals surface area contributed by atoms with Crippen molar-refractivity contribution >= 4 is 0 Å². The lowest BCUT2D eigenvalue weighted by molar-refractivity contribution is 0.153. The van der Waals surface area contributed by atoms with Crippen LogP contribution in [-0.4, -0.2) is 37.6 Å². The van der Waals surface area contributed by atoms with Crippen LogP contribution in [0.1, 0.15) is 45.4 Å². The quantitative estimate of drug-likeness (QED) is 0.772. The summed E-state index contributed by atoms with van der Waals surface area (Å²) in [7, 11) is 4.46. The number of nitrogens with one attached hydrogen (secondary N) is 1. The second kappa shape index (κ2) is 5.50. The van der Waals surface area contributed by atoms with Crippen molar-refractivity contribution in [1.82, 2.24) is 10.2 Å². The van der Waals surface area contributed by atoms with Crippen LogP contribution in [0.15, 0.2) is 0 Å². The van der Waals surface area contributed by atoms with E-state index >= 15 is 0 Å². The molecular weight excluding hydrogens is 196 g/mol. The van der Waals surface area contributed by atoms with Crippen LogP contribution < -0.4 is 5.32 Å². The Morgan fingerprint density at radius 1 is 1.19 bits per heavy atom. The minimum absolute atomic E-state index is 0.768. The summed E-state index contributed by atoms with van der Waals surface area (Å²) in [6.45, 7) is 3.67. The summed E-state index contributed by atoms with van der Waals surface area (Å²) in [6, 6.07) is 1.68. The lowest BCUT2D eigenvalue weighted by atomic mass is 9.76. The molecule has 0 aromatic rings. The maximum absolute atomic E-state index is 3.54. The number of hydrogen-bond donors (Lipinski definition) is 1. The van der Waals surface area contributed by atoms with Gasteiger partial charge in [0.25, 0.3) is 0 Å². The van der Waals surface area contributed by atoms with Gasteiger partial charge in [-0.15, -0.1) is 0 Å². The first-order valence-corrected chi connectivity index (χ1v) is 7.12. The Morgan fingerprint density at radius 2 is 1.94 bits per heavy atom. The average Bonchev–Trinajstić information content (AvgIpc) is 3.12. The topological polar surface area (TPSA) is 15.3 Å². The van der Waals surface area contributed by atoms with E-state index in [-0.39, 0.29) is 0 Å². The molecule has 0 aromatic heterocycles. The molecule has 0 amide bonds. The van der Waals surface area contributed by atoms with Crippen molar-refractivity contribution in [3.63, 3.8) is 0 Å². The maximum Gasteiger partial charge on any atom is 0.0105 e. The zero-order chi connectivity index (χ0) is 11.5. The fourth-order valence-electron chi connectivity index (χ4n) is 3.35. The van der Waals surface area contributed by atoms with Crippen molar-refractivity contribution in [2.24, 2.45) is 11.8 Å². The summed E-state index contributed by atoms with van der Waals surface area (Å²) in [4.78, 5) is 2.60. The monoisotopic (exact) mass is 224 g/mol. The molecule has 2 aliphatic rings. The van der Waals surface area contributed by atoms with Crippen molar-refractivity contribution in [2.45, 2.75) is 57.5 Å². The third-order valence-corrected chi connectivity index (χ3v) is 4.73. The van der Waals surface area contributed by atoms with E-state index < -0.39 is 0 Å². The summed E-state index contributed by atoms with van der Waals surface area (Å²) < 4.78 is 0. The first-order chi connectivity index (χ1) is 7.74. The highest BCUT2D eigenvalue weighted by molar-refractivity contribution is 4.89. The first kappa shape index (κ1) is 12.4. The molecule has 3 atom stereocenters. The Kier molecular flexibility index (Phi) is 4.26. The van der Waals surface area contributed by atoms with Crippen LogP contribution in [0.25, 0.3) is 0 Å². The summed E-state index contributed by atoms with van der Waals surface area (Å²) >= 11 is 0. The molecule has 0 aromatic carbocycles. The Bertz CT molecular complexity index is 213. The van der Waals surface area contributed by atoms with Crippen LogP contribution in [0.3, 0.4) is 0 Å². The first-order valence-electron chi connectivity index (χ1n) is 7.12. The summed E-state index contributed by atoms with van der Waals surface area (Å²) in [6.07, 6.45) is 8.51. The van der Waals surface area contributed by atoms with Gasteiger partial charge in [0, 0.05) is 18.6 Å². The van der Waals surface area contributed by atoms with Gasteiger partial charge in [-0.3, -0.25) is 0 Å². The van der Waals surface area contributed by atoms with Gasteiger partial charge in [-0.2, -0.15) is 0 Å². The highest BCUT2D eigenvalue weighted by Gasteiger charge is 2.33. The maximum atomic E-state index is 3.54. The van der Waals surface area contributed by atoms with Crippen molar-refractivity contribution in [2.75, 3.05) is 20.6 Å². The average molecular weight is 224 g/mol. The molecule has 0 heterocycles. The van der Waals surface area contributed by atoms with E-state index in [0.29, 0.717) is 0 Å². The molecule has 0 spiro atoms. The minimum atomic E-state index is 0.768. The number of rotatable bonds is 5. The van der Waals surface area contributed by atoms with Crippen LogP contribution >= 0.6 is 0 Å². The van der Waals surface area contributed by atoms with E-state index in [1.165, 1.54) is 45.1 Å². The standard InChI is InChI=1S/C14H28N2/c1-4-11-5-8-14(15-2)12(9-11)10-16(3)13-6-7-13/h11-15H,4-10H2,1-3H3. The summed E-state index contributed by atoms with van der Waals surface area (Å²) in [5, 5.41) is 3.54. The van der Waals surface area contributed by atoms with Gasteiger partial charge in [-0.05, 0) is 58.0 Å². The smallest absolute Gasteiger partial charge is 0.0105 e. The molecule has 2 aliphatic carbocycles. The molecule has 2 heteroatoms. The zero-order valence-electron chi connectivity index (χ0n) is 11.2. The molecule has 0 bridgehead atoms. The molecule has 0 saturated heterocycles. The van der Waals surface area contributed by atoms with Crippen molar-refractivity contribution in [3.05, 3.63) is 0 Å². The van der Waals surface area contributed by atoms with Gasteiger partial charge in [0.15, 0.2) is 0 Å². The van der Waals surface area contributed by atoms with Gasteiger partial charge in [-0.25, -0.2) is 0 Å². The van der Waals surface area contributed by atoms with E-state index in [4.69, 9.17) is 0 Å². The van der Waals surface area contributed by atoms with Crippen LogP contribution in [0.2, 0.25) is 0 Å². The van der Waals surface area contributed by atoms with Crippen LogP contribution in [-0.2, 0) is 0 Å². The van der Waals surface area contributed by atoms with Gasteiger partial charge in [0.2, 0.25) is 0 Å². The molecule has 94 valence electrons. The van der Waals surface area contributed by atoms with Crippen LogP contribution in [0.4, 0.5) is 0 Å². The predicted molar refractivity (Wildman–Crippen MR) is 69.6 cm³/mol. The van der Waals surface area contributed by atoms with E-state index in [2.05, 4.69) is 31.2 Å². The Balaban J connectivity index is 1.86. The molecular formula is C14H28N2. The SMILES string of the molecule is CCC1CCC(NC)C(CN(C)C2CC2)C1. The number of nitrogens with zero attached hydrogens (tertiary/aromatic N) is 1.